The molecule has 0 amide bonds. The summed E-state index contributed by atoms with van der Waals surface area (Å²) in [6, 6.07) is 3.45. The Kier molecular flexibility index (Phi) is 11.4. The molecule has 0 atom stereocenters. The molecule has 1 aromatic heterocycles. The maximum Gasteiger partial charge on any atom is 0.182 e. The smallest absolute Gasteiger partial charge is 0.182 e. The molecule has 17 heavy (non-hydrogen) atoms. The molecule has 1 aromatic rings. The summed E-state index contributed by atoms with van der Waals surface area (Å²) in [5.41, 5.74) is 7.69. The lowest BCUT2D eigenvalue weighted by atomic mass is 10.5. The van der Waals surface area contributed by atoms with Crippen molar-refractivity contribution in [1.29, 1.82) is 10.5 Å². The van der Waals surface area contributed by atoms with Crippen molar-refractivity contribution in [3.05, 3.63) is 33.9 Å². The fraction of sp³-hybridized carbons (Fsp3) is 0.250. The Bertz CT molecular complexity index is 470. The highest BCUT2D eigenvalue weighted by molar-refractivity contribution is 6.31. The summed E-state index contributed by atoms with van der Waals surface area (Å²) in [5, 5.41) is 25.8. The Morgan fingerprint density at radius 3 is 2.29 bits per heavy atom. The van der Waals surface area contributed by atoms with Gasteiger partial charge in [0.15, 0.2) is 5.69 Å². The predicted octanol–water partition coefficient (Wildman–Crippen LogP) is 1.88. The third-order valence-electron chi connectivity index (χ3n) is 0.928. The van der Waals surface area contributed by atoms with E-state index in [-0.39, 0.29) is 5.03 Å². The first kappa shape index (κ1) is 16.9. The van der Waals surface area contributed by atoms with Gasteiger partial charge in [0.25, 0.3) is 0 Å². The second-order valence-electron chi connectivity index (χ2n) is 2.20. The number of hydrogen-bond acceptors (Lipinski definition) is 5. The molecule has 0 fully saturated rings. The van der Waals surface area contributed by atoms with Gasteiger partial charge in [0.1, 0.15) is 17.2 Å². The van der Waals surface area contributed by atoms with Gasteiger partial charge in [-0.15, -0.1) is 5.10 Å². The van der Waals surface area contributed by atoms with Gasteiger partial charge in [-0.1, -0.05) is 28.5 Å². The normalized spacial score (nSPS) is 6.65. The molecule has 0 aromatic carbocycles. The Morgan fingerprint density at radius 2 is 2.18 bits per heavy atom. The molecule has 1 heterocycles. The molecule has 0 aliphatic carbocycles. The first-order chi connectivity index (χ1) is 8.01. The van der Waals surface area contributed by atoms with Gasteiger partial charge in [-0.05, 0) is 5.53 Å². The molecular weight excluding hydrogens is 244 g/mol. The van der Waals surface area contributed by atoms with Gasteiger partial charge in [0.05, 0.1) is 6.20 Å². The van der Waals surface area contributed by atoms with E-state index in [0.29, 0.717) is 5.69 Å². The lowest BCUT2D eigenvalue weighted by molar-refractivity contribution is 0.714. The van der Waals surface area contributed by atoms with Crippen molar-refractivity contribution < 1.29 is 0 Å². The van der Waals surface area contributed by atoms with E-state index in [1.54, 1.807) is 19.3 Å². The molecule has 0 N–H and O–H groups in total. The minimum atomic E-state index is 0.0324. The van der Waals surface area contributed by atoms with Crippen LogP contribution in [0, 0.1) is 22.7 Å². The summed E-state index contributed by atoms with van der Waals surface area (Å²) in [4.78, 5) is 2.36. The molecule has 0 saturated carbocycles. The van der Waals surface area contributed by atoms with E-state index in [0.717, 1.165) is 0 Å². The molecule has 0 radical (unpaired) electrons. The Morgan fingerprint density at radius 1 is 1.71 bits per heavy atom. The Hall–Kier alpha value is -2.54. The summed E-state index contributed by atoms with van der Waals surface area (Å²) in [5.74, 6) is 0. The van der Waals surface area contributed by atoms with Gasteiger partial charge in [-0.25, -0.2) is 0 Å². The first-order valence-corrected chi connectivity index (χ1v) is 4.33. The van der Waals surface area contributed by atoms with Crippen LogP contribution in [0.5, 0.6) is 0 Å². The number of aryl methyl sites for hydroxylation is 1. The molecule has 0 bridgehead atoms. The number of allylic oxidation sites excluding steroid dienone is 1. The van der Waals surface area contributed by atoms with E-state index < -0.39 is 0 Å². The van der Waals surface area contributed by atoms with Crippen LogP contribution in [0.4, 0.5) is 0 Å². The zero-order valence-corrected chi connectivity index (χ0v) is 10.00. The van der Waals surface area contributed by atoms with Crippen molar-refractivity contribution >= 4 is 11.6 Å². The quantitative estimate of drug-likeness (QED) is 0.302. The van der Waals surface area contributed by atoms with E-state index in [1.807, 2.05) is 6.07 Å². The van der Waals surface area contributed by atoms with Gasteiger partial charge < -0.3 is 0 Å². The zero-order valence-electron chi connectivity index (χ0n) is 9.24. The average Bonchev–Trinajstić information content (AvgIpc) is 2.76. The van der Waals surface area contributed by atoms with E-state index in [1.165, 1.54) is 11.7 Å². The number of azide groups is 1. The molecule has 0 saturated heterocycles. The molecular formula is C8H9ClN8. The van der Waals surface area contributed by atoms with Gasteiger partial charge >= 0.3 is 0 Å². The van der Waals surface area contributed by atoms with Crippen LogP contribution in [-0.4, -0.2) is 22.0 Å². The minimum Gasteiger partial charge on any atom is -0.254 e. The lowest BCUT2D eigenvalue weighted by Gasteiger charge is -1.74. The number of hydrogen-bond donors (Lipinski definition) is 0. The molecule has 9 heteroatoms. The highest BCUT2D eigenvalue weighted by Gasteiger charge is 1.90. The van der Waals surface area contributed by atoms with Gasteiger partial charge in [0.2, 0.25) is 0 Å². The van der Waals surface area contributed by atoms with Crippen LogP contribution in [0.25, 0.3) is 10.4 Å². The predicted molar refractivity (Wildman–Crippen MR) is 61.4 cm³/mol. The maximum absolute atomic E-state index is 8.19. The monoisotopic (exact) mass is 252 g/mol. The van der Waals surface area contributed by atoms with Crippen LogP contribution in [0.3, 0.4) is 0 Å². The number of nitrogens with zero attached hydrogens (tertiary/aromatic N) is 8. The third-order valence-corrected chi connectivity index (χ3v) is 1.01. The number of halogens is 1. The van der Waals surface area contributed by atoms with Crippen LogP contribution in [0.1, 0.15) is 5.69 Å². The van der Waals surface area contributed by atoms with Crippen LogP contribution in [0.15, 0.2) is 22.9 Å². The molecule has 8 nitrogen and oxygen atoms in total. The topological polar surface area (TPSA) is 127 Å². The van der Waals surface area contributed by atoms with E-state index in [2.05, 4.69) is 26.9 Å². The number of nitriles is 2. The van der Waals surface area contributed by atoms with Crippen molar-refractivity contribution in [2.45, 2.75) is 0 Å². The zero-order chi connectivity index (χ0) is 13.7. The Balaban J connectivity index is 0. The highest BCUT2D eigenvalue weighted by atomic mass is 35.5. The van der Waals surface area contributed by atoms with Gasteiger partial charge in [-0.2, -0.15) is 10.5 Å². The van der Waals surface area contributed by atoms with E-state index in [9.17, 15) is 0 Å². The van der Waals surface area contributed by atoms with Crippen LogP contribution >= 0.6 is 11.6 Å². The van der Waals surface area contributed by atoms with Crippen molar-refractivity contribution in [3.8, 4) is 12.1 Å². The summed E-state index contributed by atoms with van der Waals surface area (Å²) in [7, 11) is 3.10. The summed E-state index contributed by atoms with van der Waals surface area (Å²) >= 11 is 4.91. The van der Waals surface area contributed by atoms with Crippen LogP contribution in [0.2, 0.25) is 0 Å². The second kappa shape index (κ2) is 11.5. The molecule has 1 rings (SSSR count). The largest absolute Gasteiger partial charge is 0.254 e. The lowest BCUT2D eigenvalue weighted by Crippen LogP contribution is -1.85. The van der Waals surface area contributed by atoms with Gasteiger partial charge in [-0.3, -0.25) is 4.68 Å². The minimum absolute atomic E-state index is 0.0324. The summed E-state index contributed by atoms with van der Waals surface area (Å²) in [6.07, 6.45) is 1.56. The SMILES string of the molecule is C=C(Cl)C#N.CN=[N+]=[N-].Cn1cc(C#N)nn1. The van der Waals surface area contributed by atoms with Gasteiger partial charge in [0, 0.05) is 19.0 Å². The molecule has 0 aliphatic heterocycles. The molecule has 0 aliphatic rings. The first-order valence-electron chi connectivity index (χ1n) is 3.95. The summed E-state index contributed by atoms with van der Waals surface area (Å²) in [6.45, 7) is 3.08. The number of aromatic nitrogens is 3. The maximum atomic E-state index is 8.19. The van der Waals surface area contributed by atoms with Crippen molar-refractivity contribution in [1.82, 2.24) is 15.0 Å². The van der Waals surface area contributed by atoms with E-state index in [4.69, 9.17) is 27.7 Å². The molecule has 88 valence electrons. The van der Waals surface area contributed by atoms with Crippen molar-refractivity contribution in [2.24, 2.45) is 12.2 Å². The summed E-state index contributed by atoms with van der Waals surface area (Å²) < 4.78 is 1.48. The second-order valence-corrected chi connectivity index (χ2v) is 2.65. The standard InChI is InChI=1S/C4H4N4.C3H2ClN.CH3N3/c1-8-3-4(2-5)6-7-8;1-3(4)2-5;1-3-4-2/h3H,1H3;1H2;1H3. The van der Waals surface area contributed by atoms with Crippen molar-refractivity contribution in [3.63, 3.8) is 0 Å². The third kappa shape index (κ3) is 13.5. The van der Waals surface area contributed by atoms with E-state index >= 15 is 0 Å². The molecule has 0 unspecified atom stereocenters. The Labute approximate surface area is 103 Å². The fourth-order valence-corrected chi connectivity index (χ4v) is 0.399. The van der Waals surface area contributed by atoms with Crippen molar-refractivity contribution in [2.75, 3.05) is 7.05 Å². The van der Waals surface area contributed by atoms with Crippen LogP contribution in [-0.2, 0) is 7.05 Å². The highest BCUT2D eigenvalue weighted by Crippen LogP contribution is 1.88. The number of rotatable bonds is 0. The fourth-order valence-electron chi connectivity index (χ4n) is 0.399. The molecule has 0 spiro atoms. The van der Waals surface area contributed by atoms with Crippen LogP contribution < -0.4 is 0 Å². The average molecular weight is 253 g/mol.